The summed E-state index contributed by atoms with van der Waals surface area (Å²) in [6.07, 6.45) is 10.7. The Kier molecular flexibility index (Phi) is 9.65. The molecule has 0 saturated heterocycles. The molecule has 4 aromatic heterocycles. The minimum Gasteiger partial charge on any atom is -0.457 e. The van der Waals surface area contributed by atoms with Crippen LogP contribution in [-0.4, -0.2) is 35.4 Å². The van der Waals surface area contributed by atoms with E-state index in [0.717, 1.165) is 33.3 Å². The highest BCUT2D eigenvalue weighted by Gasteiger charge is 2.10. The van der Waals surface area contributed by atoms with E-state index in [2.05, 4.69) is 25.5 Å². The van der Waals surface area contributed by atoms with Gasteiger partial charge in [-0.25, -0.2) is 0 Å². The van der Waals surface area contributed by atoms with Crippen molar-refractivity contribution in [2.75, 3.05) is 11.1 Å². The summed E-state index contributed by atoms with van der Waals surface area (Å²) < 4.78 is 15.3. The zero-order valence-corrected chi connectivity index (χ0v) is 28.4. The number of nitrogens with one attached hydrogen (secondary N) is 1. The molecule has 4 aromatic carbocycles. The molecule has 1 amide bonds. The average molecular weight is 687 g/mol. The molecule has 8 aromatic rings. The minimum absolute atomic E-state index is 0.171. The molecule has 0 aliphatic carbocycles. The van der Waals surface area contributed by atoms with E-state index in [9.17, 15) is 4.79 Å². The molecule has 4 heterocycles. The number of carbonyl (C=O) groups excluding carboxylic acids is 1. The summed E-state index contributed by atoms with van der Waals surface area (Å²) in [6.45, 7) is 0. The number of carbonyl (C=O) groups is 1. The van der Waals surface area contributed by atoms with Gasteiger partial charge in [0.05, 0.1) is 23.8 Å². The second-order valence-corrected chi connectivity index (χ2v) is 11.9. The summed E-state index contributed by atoms with van der Waals surface area (Å²) >= 11 is 0. The van der Waals surface area contributed by atoms with Gasteiger partial charge in [-0.2, -0.15) is 10.2 Å². The van der Waals surface area contributed by atoms with Crippen LogP contribution >= 0.6 is 0 Å². The van der Waals surface area contributed by atoms with Crippen molar-refractivity contribution in [3.8, 4) is 45.5 Å². The number of amides is 1. The molecular weight excluding hydrogens is 653 g/mol. The molecule has 3 N–H and O–H groups in total. The number of aromatic nitrogens is 6. The van der Waals surface area contributed by atoms with E-state index in [1.54, 1.807) is 52.4 Å². The van der Waals surface area contributed by atoms with E-state index in [1.807, 2.05) is 124 Å². The maximum absolute atomic E-state index is 12.8. The maximum Gasteiger partial charge on any atom is 0.255 e. The molecule has 0 atom stereocenters. The van der Waals surface area contributed by atoms with E-state index < -0.39 is 0 Å². The van der Waals surface area contributed by atoms with Crippen LogP contribution in [0.3, 0.4) is 0 Å². The Bertz CT molecular complexity index is 2490. The van der Waals surface area contributed by atoms with E-state index in [4.69, 9.17) is 15.2 Å². The predicted molar refractivity (Wildman–Crippen MR) is 202 cm³/mol. The largest absolute Gasteiger partial charge is 0.457 e. The molecule has 0 radical (unpaired) electrons. The molecule has 0 saturated carbocycles. The Morgan fingerprint density at radius 3 is 1.79 bits per heavy atom. The first-order valence-corrected chi connectivity index (χ1v) is 16.4. The first-order valence-electron chi connectivity index (χ1n) is 16.4. The number of rotatable bonds is 8. The smallest absolute Gasteiger partial charge is 0.255 e. The number of fused-ring (bicyclic) bond motifs is 1. The molecule has 0 bridgehead atoms. The molecule has 11 nitrogen and oxygen atoms in total. The molecule has 0 fully saturated rings. The van der Waals surface area contributed by atoms with Gasteiger partial charge in [0.25, 0.3) is 5.91 Å². The summed E-state index contributed by atoms with van der Waals surface area (Å²) in [5, 5.41) is 13.4. The van der Waals surface area contributed by atoms with E-state index in [0.29, 0.717) is 39.9 Å². The molecule has 0 aliphatic heterocycles. The Labute approximate surface area is 299 Å². The second-order valence-electron chi connectivity index (χ2n) is 11.9. The van der Waals surface area contributed by atoms with Crippen LogP contribution < -0.4 is 20.5 Å². The van der Waals surface area contributed by atoms with Crippen LogP contribution in [0.15, 0.2) is 152 Å². The van der Waals surface area contributed by atoms with Crippen molar-refractivity contribution in [2.24, 2.45) is 14.1 Å². The fraction of sp³-hybridized carbons (Fsp3) is 0.0488. The molecule has 0 aliphatic rings. The molecule has 0 unspecified atom stereocenters. The first kappa shape index (κ1) is 33.2. The molecule has 256 valence electrons. The molecule has 52 heavy (non-hydrogen) atoms. The minimum atomic E-state index is -0.171. The van der Waals surface area contributed by atoms with Crippen LogP contribution in [0.25, 0.3) is 33.3 Å². The average Bonchev–Trinajstić information content (AvgIpc) is 3.80. The quantitative estimate of drug-likeness (QED) is 0.152. The van der Waals surface area contributed by atoms with Crippen molar-refractivity contribution in [2.45, 2.75) is 0 Å². The van der Waals surface area contributed by atoms with Gasteiger partial charge in [-0.15, -0.1) is 0 Å². The monoisotopic (exact) mass is 686 g/mol. The lowest BCUT2D eigenvalue weighted by Gasteiger charge is -2.10. The number of aryl methyl sites for hydroxylation is 2. The summed E-state index contributed by atoms with van der Waals surface area (Å²) in [5.41, 5.74) is 11.1. The number of pyridine rings is 2. The van der Waals surface area contributed by atoms with E-state index in [1.165, 1.54) is 0 Å². The zero-order chi connectivity index (χ0) is 35.9. The maximum atomic E-state index is 12.8. The van der Waals surface area contributed by atoms with Crippen LogP contribution in [0.4, 0.5) is 11.4 Å². The van der Waals surface area contributed by atoms with Gasteiger partial charge in [0.1, 0.15) is 23.0 Å². The standard InChI is InChI=1S/C26H20N4O2.C15H14N4O/c1-30-17-21(16-28-30)25-15-24(11-12-27-25)32-23-8-4-7-22(14-23)29-26(31)20-10-9-18-5-2-3-6-19(18)13-20;1-19-10-11(9-18-19)15-8-14(5-6-17-15)20-13-4-2-3-12(16)7-13/h2-17H,1H3,(H,29,31);2-10H,16H2,1H3. The molecular formula is C41H34N8O3. The van der Waals surface area contributed by atoms with Gasteiger partial charge in [0.15, 0.2) is 0 Å². The van der Waals surface area contributed by atoms with Crippen molar-refractivity contribution in [1.82, 2.24) is 29.5 Å². The lowest BCUT2D eigenvalue weighted by molar-refractivity contribution is 0.102. The third-order valence-corrected chi connectivity index (χ3v) is 7.90. The van der Waals surface area contributed by atoms with Crippen molar-refractivity contribution < 1.29 is 14.3 Å². The number of nitrogen functional groups attached to an aromatic ring is 1. The summed E-state index contributed by atoms with van der Waals surface area (Å²) in [6, 6.07) is 35.6. The number of ether oxygens (including phenoxy) is 2. The third-order valence-electron chi connectivity index (χ3n) is 7.90. The first-order chi connectivity index (χ1) is 25.3. The summed E-state index contributed by atoms with van der Waals surface area (Å²) in [5.74, 6) is 2.51. The third kappa shape index (κ3) is 8.29. The zero-order valence-electron chi connectivity index (χ0n) is 28.4. The summed E-state index contributed by atoms with van der Waals surface area (Å²) in [7, 11) is 3.73. The summed E-state index contributed by atoms with van der Waals surface area (Å²) in [4.78, 5) is 21.5. The number of benzene rings is 4. The van der Waals surface area contributed by atoms with Gasteiger partial charge in [0.2, 0.25) is 0 Å². The molecule has 0 spiro atoms. The lowest BCUT2D eigenvalue weighted by Crippen LogP contribution is -2.11. The van der Waals surface area contributed by atoms with Gasteiger partial charge in [-0.05, 0) is 59.3 Å². The van der Waals surface area contributed by atoms with Crippen molar-refractivity contribution in [1.29, 1.82) is 0 Å². The lowest BCUT2D eigenvalue weighted by atomic mass is 10.1. The van der Waals surface area contributed by atoms with Crippen LogP contribution in [0.5, 0.6) is 23.0 Å². The number of hydrogen-bond acceptors (Lipinski definition) is 8. The SMILES string of the molecule is Cn1cc(-c2cc(Oc3cccc(N)c3)ccn2)cn1.Cn1cc(-c2cc(Oc3cccc(NC(=O)c4ccc5ccccc5c4)c3)ccn2)cn1. The highest BCUT2D eigenvalue weighted by molar-refractivity contribution is 6.06. The van der Waals surface area contributed by atoms with Crippen LogP contribution in [-0.2, 0) is 14.1 Å². The Balaban J connectivity index is 0.000000180. The van der Waals surface area contributed by atoms with E-state index >= 15 is 0 Å². The second kappa shape index (κ2) is 15.1. The number of nitrogens with zero attached hydrogens (tertiary/aromatic N) is 6. The van der Waals surface area contributed by atoms with Gasteiger partial charge < -0.3 is 20.5 Å². The predicted octanol–water partition coefficient (Wildman–Crippen LogP) is 8.54. The number of hydrogen-bond donors (Lipinski definition) is 2. The van der Waals surface area contributed by atoms with Gasteiger partial charge in [-0.1, -0.05) is 42.5 Å². The molecule has 11 heteroatoms. The Morgan fingerprint density at radius 2 is 1.19 bits per heavy atom. The topological polar surface area (TPSA) is 135 Å². The Hall–Kier alpha value is -7.27. The van der Waals surface area contributed by atoms with Crippen LogP contribution in [0.1, 0.15) is 10.4 Å². The van der Waals surface area contributed by atoms with Gasteiger partial charge in [-0.3, -0.25) is 24.1 Å². The van der Waals surface area contributed by atoms with Crippen molar-refractivity contribution >= 4 is 28.1 Å². The fourth-order valence-electron chi connectivity index (χ4n) is 5.39. The number of anilines is 2. The molecule has 8 rings (SSSR count). The van der Waals surface area contributed by atoms with Gasteiger partial charge >= 0.3 is 0 Å². The van der Waals surface area contributed by atoms with E-state index in [-0.39, 0.29) is 5.91 Å². The van der Waals surface area contributed by atoms with Crippen molar-refractivity contribution in [3.63, 3.8) is 0 Å². The van der Waals surface area contributed by atoms with Crippen LogP contribution in [0.2, 0.25) is 0 Å². The highest BCUT2D eigenvalue weighted by Crippen LogP contribution is 2.28. The fourth-order valence-corrected chi connectivity index (χ4v) is 5.39. The highest BCUT2D eigenvalue weighted by atomic mass is 16.5. The van der Waals surface area contributed by atoms with Crippen LogP contribution in [0, 0.1) is 0 Å². The van der Waals surface area contributed by atoms with Gasteiger partial charge in [0, 0.05) is 91.2 Å². The number of nitrogens with two attached hydrogens (primary N) is 1. The normalized spacial score (nSPS) is 10.7. The Morgan fingerprint density at radius 1 is 0.615 bits per heavy atom. The van der Waals surface area contributed by atoms with Crippen molar-refractivity contribution in [3.05, 3.63) is 158 Å².